The van der Waals surface area contributed by atoms with Crippen LogP contribution in [0.5, 0.6) is 0 Å². The molecule has 0 aliphatic heterocycles. The number of hydrogen-bond acceptors (Lipinski definition) is 5. The number of benzene rings is 2. The normalized spacial score (nSPS) is 10.3. The van der Waals surface area contributed by atoms with E-state index in [4.69, 9.17) is 11.6 Å². The van der Waals surface area contributed by atoms with Gasteiger partial charge in [0.2, 0.25) is 0 Å². The summed E-state index contributed by atoms with van der Waals surface area (Å²) in [5.74, 6) is -1.88. The number of ketones is 1. The summed E-state index contributed by atoms with van der Waals surface area (Å²) in [5.41, 5.74) is -1.73. The van der Waals surface area contributed by atoms with Gasteiger partial charge in [-0.25, -0.2) is 4.39 Å². The molecule has 22 heavy (non-hydrogen) atoms. The molecule has 0 amide bonds. The Balaban J connectivity index is 2.53. The molecule has 0 aromatic heterocycles. The number of carbonyl (C=O) groups is 1. The van der Waals surface area contributed by atoms with Crippen LogP contribution in [0.1, 0.15) is 15.9 Å². The summed E-state index contributed by atoms with van der Waals surface area (Å²) in [5, 5.41) is 21.3. The fourth-order valence-electron chi connectivity index (χ4n) is 1.75. The van der Waals surface area contributed by atoms with Crippen LogP contribution in [0, 0.1) is 26.0 Å². The topological polar surface area (TPSA) is 103 Å². The van der Waals surface area contributed by atoms with Crippen molar-refractivity contribution in [1.29, 1.82) is 0 Å². The third kappa shape index (κ3) is 2.91. The van der Waals surface area contributed by atoms with Crippen molar-refractivity contribution in [3.05, 3.63) is 78.6 Å². The maximum atomic E-state index is 13.7. The molecule has 112 valence electrons. The van der Waals surface area contributed by atoms with E-state index in [0.29, 0.717) is 0 Å². The van der Waals surface area contributed by atoms with Gasteiger partial charge in [-0.3, -0.25) is 25.0 Å². The zero-order valence-electron chi connectivity index (χ0n) is 10.7. The minimum Gasteiger partial charge on any atom is -0.288 e. The average Bonchev–Trinajstić information content (AvgIpc) is 2.47. The Bertz CT molecular complexity index is 809. The van der Waals surface area contributed by atoms with Crippen LogP contribution in [0.25, 0.3) is 0 Å². The second-order valence-corrected chi connectivity index (χ2v) is 4.58. The summed E-state index contributed by atoms with van der Waals surface area (Å²) in [6, 6.07) is 5.67. The van der Waals surface area contributed by atoms with Gasteiger partial charge in [-0.2, -0.15) is 0 Å². The quantitative estimate of drug-likeness (QED) is 0.486. The van der Waals surface area contributed by atoms with Crippen LogP contribution >= 0.6 is 11.6 Å². The Morgan fingerprint density at radius 3 is 2.32 bits per heavy atom. The van der Waals surface area contributed by atoms with Gasteiger partial charge < -0.3 is 0 Å². The van der Waals surface area contributed by atoms with E-state index in [-0.39, 0.29) is 10.6 Å². The summed E-state index contributed by atoms with van der Waals surface area (Å²) >= 11 is 5.62. The molecule has 9 heteroatoms. The largest absolute Gasteiger partial charge is 0.288 e. The minimum absolute atomic E-state index is 0.180. The Morgan fingerprint density at radius 1 is 1.05 bits per heavy atom. The molecule has 2 rings (SSSR count). The third-order valence-corrected chi connectivity index (χ3v) is 3.13. The fraction of sp³-hybridized carbons (Fsp3) is 0. The van der Waals surface area contributed by atoms with Gasteiger partial charge >= 0.3 is 0 Å². The maximum absolute atomic E-state index is 13.7. The van der Waals surface area contributed by atoms with Crippen molar-refractivity contribution in [2.24, 2.45) is 0 Å². The summed E-state index contributed by atoms with van der Waals surface area (Å²) < 4.78 is 13.7. The molecule has 0 unspecified atom stereocenters. The van der Waals surface area contributed by atoms with Crippen LogP contribution in [0.4, 0.5) is 15.8 Å². The highest BCUT2D eigenvalue weighted by Gasteiger charge is 2.21. The lowest BCUT2D eigenvalue weighted by Crippen LogP contribution is -2.06. The van der Waals surface area contributed by atoms with E-state index in [2.05, 4.69) is 0 Å². The molecule has 2 aromatic carbocycles. The van der Waals surface area contributed by atoms with Crippen molar-refractivity contribution in [2.75, 3.05) is 0 Å². The molecular formula is C13H6ClFN2O5. The average molecular weight is 325 g/mol. The second kappa shape index (κ2) is 5.86. The molecule has 0 aliphatic carbocycles. The number of halogens is 2. The van der Waals surface area contributed by atoms with E-state index < -0.39 is 38.4 Å². The van der Waals surface area contributed by atoms with Gasteiger partial charge in [0, 0.05) is 23.8 Å². The second-order valence-electron chi connectivity index (χ2n) is 4.17. The highest BCUT2D eigenvalue weighted by molar-refractivity contribution is 6.32. The van der Waals surface area contributed by atoms with Crippen molar-refractivity contribution >= 4 is 28.8 Å². The number of non-ortho nitro benzene ring substituents is 1. The Hall–Kier alpha value is -2.87. The molecule has 0 saturated carbocycles. The van der Waals surface area contributed by atoms with Crippen LogP contribution in [-0.2, 0) is 0 Å². The summed E-state index contributed by atoms with van der Waals surface area (Å²) in [4.78, 5) is 32.1. The minimum atomic E-state index is -0.965. The van der Waals surface area contributed by atoms with Gasteiger partial charge in [0.1, 0.15) is 10.8 Å². The van der Waals surface area contributed by atoms with Crippen LogP contribution in [0.3, 0.4) is 0 Å². The summed E-state index contributed by atoms with van der Waals surface area (Å²) in [6.07, 6.45) is 0. The number of nitro benzene ring substituents is 2. The first-order valence-corrected chi connectivity index (χ1v) is 6.11. The predicted octanol–water partition coefficient (Wildman–Crippen LogP) is 3.53. The smallest absolute Gasteiger partial charge is 0.288 e. The fourth-order valence-corrected chi connectivity index (χ4v) is 1.94. The van der Waals surface area contributed by atoms with Crippen molar-refractivity contribution < 1.29 is 19.0 Å². The lowest BCUT2D eigenvalue weighted by molar-refractivity contribution is -0.385. The first-order valence-electron chi connectivity index (χ1n) is 5.74. The van der Waals surface area contributed by atoms with E-state index in [9.17, 15) is 29.4 Å². The Morgan fingerprint density at radius 2 is 1.73 bits per heavy atom. The zero-order valence-corrected chi connectivity index (χ0v) is 11.4. The summed E-state index contributed by atoms with van der Waals surface area (Å²) in [7, 11) is 0. The maximum Gasteiger partial charge on any atom is 0.288 e. The summed E-state index contributed by atoms with van der Waals surface area (Å²) in [6.45, 7) is 0. The van der Waals surface area contributed by atoms with Gasteiger partial charge in [-0.1, -0.05) is 11.6 Å². The molecule has 2 aromatic rings. The molecule has 0 spiro atoms. The lowest BCUT2D eigenvalue weighted by Gasteiger charge is -2.04. The van der Waals surface area contributed by atoms with Gasteiger partial charge in [0.25, 0.3) is 11.4 Å². The van der Waals surface area contributed by atoms with E-state index in [1.165, 1.54) is 6.07 Å². The van der Waals surface area contributed by atoms with Gasteiger partial charge in [-0.05, 0) is 18.2 Å². The predicted molar refractivity (Wildman–Crippen MR) is 74.6 cm³/mol. The number of nitrogens with zero attached hydrogens (tertiary/aromatic N) is 2. The SMILES string of the molecule is O=C(c1ccc(Cl)c([N+](=O)[O-])c1)c1cc([N+](=O)[O-])ccc1F. The van der Waals surface area contributed by atoms with Crippen molar-refractivity contribution in [1.82, 2.24) is 0 Å². The van der Waals surface area contributed by atoms with Crippen LogP contribution < -0.4 is 0 Å². The van der Waals surface area contributed by atoms with Gasteiger partial charge in [0.15, 0.2) is 5.78 Å². The first-order chi connectivity index (χ1) is 10.3. The number of carbonyl (C=O) groups excluding carboxylic acids is 1. The van der Waals surface area contributed by atoms with Gasteiger partial charge in [0.05, 0.1) is 15.4 Å². The Kier molecular flexibility index (Phi) is 4.13. The molecule has 0 fully saturated rings. The number of nitro groups is 2. The molecule has 0 atom stereocenters. The van der Waals surface area contributed by atoms with Crippen molar-refractivity contribution in [3.8, 4) is 0 Å². The molecule has 7 nitrogen and oxygen atoms in total. The van der Waals surface area contributed by atoms with Crippen molar-refractivity contribution in [2.45, 2.75) is 0 Å². The standard InChI is InChI=1S/C13H6ClFN2O5/c14-10-3-1-7(5-12(10)17(21)22)13(18)9-6-8(16(19)20)2-4-11(9)15/h1-6H. The molecular weight excluding hydrogens is 319 g/mol. The zero-order chi connectivity index (χ0) is 16.4. The molecule has 0 N–H and O–H groups in total. The number of hydrogen-bond donors (Lipinski definition) is 0. The van der Waals surface area contributed by atoms with E-state index in [1.807, 2.05) is 0 Å². The Labute approximate surface area is 127 Å². The molecule has 0 aliphatic rings. The molecule has 0 radical (unpaired) electrons. The molecule has 0 heterocycles. The highest BCUT2D eigenvalue weighted by Crippen LogP contribution is 2.27. The van der Waals surface area contributed by atoms with E-state index in [1.54, 1.807) is 0 Å². The molecule has 0 saturated heterocycles. The van der Waals surface area contributed by atoms with E-state index in [0.717, 1.165) is 30.3 Å². The van der Waals surface area contributed by atoms with E-state index >= 15 is 0 Å². The van der Waals surface area contributed by atoms with Crippen LogP contribution in [0.15, 0.2) is 36.4 Å². The van der Waals surface area contributed by atoms with Crippen molar-refractivity contribution in [3.63, 3.8) is 0 Å². The molecule has 0 bridgehead atoms. The lowest BCUT2D eigenvalue weighted by atomic mass is 10.0. The monoisotopic (exact) mass is 324 g/mol. The van der Waals surface area contributed by atoms with Gasteiger partial charge in [-0.15, -0.1) is 0 Å². The highest BCUT2D eigenvalue weighted by atomic mass is 35.5. The third-order valence-electron chi connectivity index (χ3n) is 2.81. The first kappa shape index (κ1) is 15.5. The van der Waals surface area contributed by atoms with Crippen LogP contribution in [0.2, 0.25) is 5.02 Å². The number of rotatable bonds is 4. The van der Waals surface area contributed by atoms with Crippen LogP contribution in [-0.4, -0.2) is 15.6 Å².